The molecule has 0 radical (unpaired) electrons. The van der Waals surface area contributed by atoms with E-state index in [-0.39, 0.29) is 5.56 Å². The first-order chi connectivity index (χ1) is 16.4. The molecule has 0 fully saturated rings. The molecule has 0 aliphatic heterocycles. The molecule has 0 bridgehead atoms. The van der Waals surface area contributed by atoms with Crippen LogP contribution in [0.15, 0.2) is 36.4 Å². The summed E-state index contributed by atoms with van der Waals surface area (Å²) in [5.74, 6) is 0.745. The Morgan fingerprint density at radius 1 is 1.03 bits per heavy atom. The molecular formula is C28H39N3O3. The quantitative estimate of drug-likeness (QED) is 0.306. The SMILES string of the molecule is CCCCN(CCCC)CCCn1c(COc2cccc(C)c2C)nc2cc(C(=O)O)ccc21. The second-order valence-corrected chi connectivity index (χ2v) is 9.08. The second kappa shape index (κ2) is 12.6. The Morgan fingerprint density at radius 2 is 1.74 bits per heavy atom. The lowest BCUT2D eigenvalue weighted by Crippen LogP contribution is -2.28. The van der Waals surface area contributed by atoms with Crippen LogP contribution in [0, 0.1) is 13.8 Å². The summed E-state index contributed by atoms with van der Waals surface area (Å²) in [6.45, 7) is 13.1. The maximum Gasteiger partial charge on any atom is 0.335 e. The zero-order chi connectivity index (χ0) is 24.5. The van der Waals surface area contributed by atoms with E-state index in [0.717, 1.165) is 55.3 Å². The maximum absolute atomic E-state index is 11.5. The average molecular weight is 466 g/mol. The smallest absolute Gasteiger partial charge is 0.335 e. The standard InChI is InChI=1S/C28H39N3O3/c1-5-7-15-30(16-8-6-2)17-10-18-31-25-14-13-23(28(32)33)19-24(25)29-27(31)20-34-26-12-9-11-21(3)22(26)4/h9,11-14,19H,5-8,10,15-18,20H2,1-4H3,(H,32,33). The van der Waals surface area contributed by atoms with Crippen LogP contribution in [0.5, 0.6) is 5.75 Å². The highest BCUT2D eigenvalue weighted by Gasteiger charge is 2.15. The number of fused-ring (bicyclic) bond motifs is 1. The lowest BCUT2D eigenvalue weighted by atomic mass is 10.1. The van der Waals surface area contributed by atoms with E-state index < -0.39 is 5.97 Å². The number of carboxylic acids is 1. The van der Waals surface area contributed by atoms with Crippen LogP contribution in [-0.4, -0.2) is 45.2 Å². The van der Waals surface area contributed by atoms with Crippen LogP contribution in [0.3, 0.4) is 0 Å². The summed E-state index contributed by atoms with van der Waals surface area (Å²) in [7, 11) is 0. The van der Waals surface area contributed by atoms with E-state index in [4.69, 9.17) is 9.72 Å². The Labute approximate surface area is 203 Å². The van der Waals surface area contributed by atoms with E-state index in [1.54, 1.807) is 12.1 Å². The van der Waals surface area contributed by atoms with Crippen LogP contribution >= 0.6 is 0 Å². The van der Waals surface area contributed by atoms with Gasteiger partial charge in [0.1, 0.15) is 18.2 Å². The lowest BCUT2D eigenvalue weighted by Gasteiger charge is -2.22. The van der Waals surface area contributed by atoms with Crippen molar-refractivity contribution in [2.75, 3.05) is 19.6 Å². The first-order valence-corrected chi connectivity index (χ1v) is 12.6. The predicted molar refractivity (Wildman–Crippen MR) is 138 cm³/mol. The fraction of sp³-hybridized carbons (Fsp3) is 0.500. The number of carboxylic acid groups (broad SMARTS) is 1. The van der Waals surface area contributed by atoms with Gasteiger partial charge in [-0.15, -0.1) is 0 Å². The summed E-state index contributed by atoms with van der Waals surface area (Å²) < 4.78 is 8.37. The molecule has 1 N–H and O–H groups in total. The molecule has 0 saturated carbocycles. The van der Waals surface area contributed by atoms with Gasteiger partial charge in [0.2, 0.25) is 0 Å². The Hall–Kier alpha value is -2.86. The molecule has 3 rings (SSSR count). The number of rotatable bonds is 14. The molecule has 0 aliphatic rings. The van der Waals surface area contributed by atoms with Crippen molar-refractivity contribution in [3.05, 3.63) is 58.9 Å². The van der Waals surface area contributed by atoms with Gasteiger partial charge in [0.15, 0.2) is 0 Å². The molecule has 2 aromatic carbocycles. The molecule has 0 spiro atoms. The minimum atomic E-state index is -0.938. The number of imidazole rings is 1. The average Bonchev–Trinajstić information content (AvgIpc) is 3.18. The summed E-state index contributed by atoms with van der Waals surface area (Å²) in [5, 5.41) is 9.41. The van der Waals surface area contributed by atoms with Gasteiger partial charge in [-0.1, -0.05) is 38.8 Å². The first-order valence-electron chi connectivity index (χ1n) is 12.6. The third-order valence-electron chi connectivity index (χ3n) is 6.50. The molecule has 1 heterocycles. The third kappa shape index (κ3) is 6.60. The van der Waals surface area contributed by atoms with Crippen molar-refractivity contribution in [1.29, 1.82) is 0 Å². The Bertz CT molecular complexity index is 1080. The third-order valence-corrected chi connectivity index (χ3v) is 6.50. The van der Waals surface area contributed by atoms with E-state index in [9.17, 15) is 9.90 Å². The number of hydrogen-bond acceptors (Lipinski definition) is 4. The fourth-order valence-corrected chi connectivity index (χ4v) is 4.25. The van der Waals surface area contributed by atoms with E-state index in [1.807, 2.05) is 18.2 Å². The van der Waals surface area contributed by atoms with Gasteiger partial charge in [-0.2, -0.15) is 0 Å². The summed E-state index contributed by atoms with van der Waals surface area (Å²) in [5.41, 5.74) is 4.23. The highest BCUT2D eigenvalue weighted by Crippen LogP contribution is 2.24. The van der Waals surface area contributed by atoms with Crippen LogP contribution in [0.2, 0.25) is 0 Å². The molecule has 6 nitrogen and oxygen atoms in total. The van der Waals surface area contributed by atoms with Crippen LogP contribution < -0.4 is 4.74 Å². The van der Waals surface area contributed by atoms with E-state index in [1.165, 1.54) is 31.2 Å². The zero-order valence-corrected chi connectivity index (χ0v) is 21.1. The van der Waals surface area contributed by atoms with Crippen LogP contribution in [0.25, 0.3) is 11.0 Å². The van der Waals surface area contributed by atoms with Crippen molar-refractivity contribution in [2.45, 2.75) is 73.0 Å². The molecule has 6 heteroatoms. The number of benzene rings is 2. The largest absolute Gasteiger partial charge is 0.485 e. The number of aromatic nitrogens is 2. The summed E-state index contributed by atoms with van der Waals surface area (Å²) in [6, 6.07) is 11.3. The molecule has 0 amide bonds. The second-order valence-electron chi connectivity index (χ2n) is 9.08. The maximum atomic E-state index is 11.5. The van der Waals surface area contributed by atoms with Crippen LogP contribution in [0.1, 0.15) is 73.3 Å². The summed E-state index contributed by atoms with van der Waals surface area (Å²) >= 11 is 0. The topological polar surface area (TPSA) is 67.6 Å². The molecular weight excluding hydrogens is 426 g/mol. The number of nitrogens with zero attached hydrogens (tertiary/aromatic N) is 3. The van der Waals surface area contributed by atoms with Gasteiger partial charge in [0.25, 0.3) is 0 Å². The number of aryl methyl sites for hydroxylation is 2. The first kappa shape index (κ1) is 25.8. The van der Waals surface area contributed by atoms with Gasteiger partial charge in [-0.05, 0) is 88.1 Å². The molecule has 184 valence electrons. The Balaban J connectivity index is 1.80. The van der Waals surface area contributed by atoms with Gasteiger partial charge in [-0.25, -0.2) is 9.78 Å². The number of carbonyl (C=O) groups is 1. The van der Waals surface area contributed by atoms with Gasteiger partial charge >= 0.3 is 5.97 Å². The summed E-state index contributed by atoms with van der Waals surface area (Å²) in [6.07, 6.45) is 5.88. The predicted octanol–water partition coefficient (Wildman–Crippen LogP) is 6.22. The zero-order valence-electron chi connectivity index (χ0n) is 21.1. The van der Waals surface area contributed by atoms with Crippen molar-refractivity contribution < 1.29 is 14.6 Å². The minimum Gasteiger partial charge on any atom is -0.485 e. The molecule has 1 aromatic heterocycles. The van der Waals surface area contributed by atoms with Crippen molar-refractivity contribution in [1.82, 2.24) is 14.5 Å². The molecule has 0 atom stereocenters. The Morgan fingerprint density at radius 3 is 2.41 bits per heavy atom. The molecule has 34 heavy (non-hydrogen) atoms. The van der Waals surface area contributed by atoms with Gasteiger partial charge in [0, 0.05) is 6.54 Å². The van der Waals surface area contributed by atoms with Gasteiger partial charge in [-0.3, -0.25) is 0 Å². The molecule has 0 unspecified atom stereocenters. The summed E-state index contributed by atoms with van der Waals surface area (Å²) in [4.78, 5) is 18.8. The van der Waals surface area contributed by atoms with E-state index in [0.29, 0.717) is 12.1 Å². The highest BCUT2D eigenvalue weighted by atomic mass is 16.5. The number of aromatic carboxylic acids is 1. The van der Waals surface area contributed by atoms with Crippen molar-refractivity contribution in [3.63, 3.8) is 0 Å². The van der Waals surface area contributed by atoms with Crippen LogP contribution in [-0.2, 0) is 13.2 Å². The number of hydrogen-bond donors (Lipinski definition) is 1. The number of ether oxygens (including phenoxy) is 1. The fourth-order valence-electron chi connectivity index (χ4n) is 4.25. The molecule has 0 saturated heterocycles. The van der Waals surface area contributed by atoms with E-state index in [2.05, 4.69) is 43.2 Å². The monoisotopic (exact) mass is 465 g/mol. The van der Waals surface area contributed by atoms with Gasteiger partial charge in [0.05, 0.1) is 16.6 Å². The molecule has 0 aliphatic carbocycles. The number of unbranched alkanes of at least 4 members (excludes halogenated alkanes) is 2. The van der Waals surface area contributed by atoms with E-state index >= 15 is 0 Å². The lowest BCUT2D eigenvalue weighted by molar-refractivity contribution is 0.0697. The van der Waals surface area contributed by atoms with Crippen molar-refractivity contribution in [3.8, 4) is 5.75 Å². The minimum absolute atomic E-state index is 0.254. The highest BCUT2D eigenvalue weighted by molar-refractivity contribution is 5.92. The normalized spacial score (nSPS) is 11.4. The molecule has 3 aromatic rings. The van der Waals surface area contributed by atoms with Crippen molar-refractivity contribution in [2.24, 2.45) is 0 Å². The van der Waals surface area contributed by atoms with Gasteiger partial charge < -0.3 is 19.3 Å². The Kier molecular flexibility index (Phi) is 9.52. The van der Waals surface area contributed by atoms with Crippen LogP contribution in [0.4, 0.5) is 0 Å². The van der Waals surface area contributed by atoms with Crippen molar-refractivity contribution >= 4 is 17.0 Å².